The summed E-state index contributed by atoms with van der Waals surface area (Å²) in [6.45, 7) is 3.79. The molecule has 2 atom stereocenters. The highest BCUT2D eigenvalue weighted by atomic mass is 19.2. The second kappa shape index (κ2) is 2.62. The van der Waals surface area contributed by atoms with Crippen LogP contribution in [-0.2, 0) is 0 Å². The summed E-state index contributed by atoms with van der Waals surface area (Å²) in [6, 6.07) is 0.0880. The third kappa shape index (κ3) is 1.40. The van der Waals surface area contributed by atoms with Gasteiger partial charge in [-0.1, -0.05) is 6.92 Å². The van der Waals surface area contributed by atoms with E-state index in [4.69, 9.17) is 0 Å². The molecule has 1 fully saturated rings. The molecule has 54 valence electrons. The van der Waals surface area contributed by atoms with Gasteiger partial charge in [0.15, 0.2) is 0 Å². The molecular weight excluding hydrogens is 119 g/mol. The number of halogens is 1. The highest BCUT2D eigenvalue weighted by Gasteiger charge is 2.26. The summed E-state index contributed by atoms with van der Waals surface area (Å²) in [5, 5.41) is 3.92. The average molecular weight is 132 g/mol. The Balaban J connectivity index is 2.40. The van der Waals surface area contributed by atoms with Crippen LogP contribution in [-0.4, -0.2) is 31.3 Å². The minimum absolute atomic E-state index is 0.0880. The van der Waals surface area contributed by atoms with Crippen LogP contribution >= 0.6 is 0 Å². The molecule has 0 aromatic heterocycles. The van der Waals surface area contributed by atoms with Gasteiger partial charge in [-0.15, -0.1) is 9.60 Å². The summed E-state index contributed by atoms with van der Waals surface area (Å²) in [4.78, 5) is 0. The fraction of sp³-hybridized carbons (Fsp3) is 1.00. The molecule has 0 aromatic carbocycles. The number of likely N-dealkylation sites (N-methyl/N-ethyl adjacent to an activating group) is 1. The van der Waals surface area contributed by atoms with Crippen LogP contribution in [0.4, 0.5) is 4.48 Å². The van der Waals surface area contributed by atoms with Crippen LogP contribution in [0.1, 0.15) is 6.92 Å². The summed E-state index contributed by atoms with van der Waals surface area (Å²) in [6.07, 6.45) is 0. The highest BCUT2D eigenvalue weighted by Crippen LogP contribution is 2.13. The summed E-state index contributed by atoms with van der Waals surface area (Å²) < 4.78 is 12.5. The van der Waals surface area contributed by atoms with Crippen molar-refractivity contribution >= 4 is 0 Å². The lowest BCUT2D eigenvalue weighted by molar-refractivity contribution is 0.00214. The molecule has 2 nitrogen and oxygen atoms in total. The number of rotatable bonds is 1. The predicted molar refractivity (Wildman–Crippen MR) is 34.7 cm³/mol. The molecule has 9 heavy (non-hydrogen) atoms. The number of nitrogens with zero attached hydrogens (tertiary/aromatic N) is 1. The molecule has 0 spiro atoms. The normalized spacial score (nSPS) is 36.0. The number of hydrogen-bond acceptors (Lipinski definition) is 2. The maximum absolute atomic E-state index is 12.5. The second-order valence-corrected chi connectivity index (χ2v) is 2.73. The van der Waals surface area contributed by atoms with Gasteiger partial charge in [-0.25, -0.2) is 0 Å². The van der Waals surface area contributed by atoms with Gasteiger partial charge in [0.2, 0.25) is 0 Å². The second-order valence-electron chi connectivity index (χ2n) is 2.73. The van der Waals surface area contributed by atoms with Crippen LogP contribution in [0.2, 0.25) is 0 Å². The van der Waals surface area contributed by atoms with Crippen LogP contribution in [0, 0.1) is 5.92 Å². The van der Waals surface area contributed by atoms with Crippen molar-refractivity contribution in [3.05, 3.63) is 0 Å². The van der Waals surface area contributed by atoms with Gasteiger partial charge >= 0.3 is 0 Å². The quantitative estimate of drug-likeness (QED) is 0.520. The Hall–Kier alpha value is -0.150. The Morgan fingerprint density at radius 1 is 1.56 bits per heavy atom. The van der Waals surface area contributed by atoms with E-state index in [1.165, 1.54) is 7.05 Å². The molecular formula is C6H13FN2. The van der Waals surface area contributed by atoms with Crippen LogP contribution in [0.15, 0.2) is 0 Å². The molecule has 1 aliphatic rings. The highest BCUT2D eigenvalue weighted by molar-refractivity contribution is 4.81. The molecule has 0 saturated carbocycles. The van der Waals surface area contributed by atoms with E-state index in [9.17, 15) is 4.48 Å². The number of hydrogen-bond donors (Lipinski definition) is 1. The number of nitrogens with one attached hydrogen (secondary N) is 1. The first-order chi connectivity index (χ1) is 4.22. The Labute approximate surface area is 55.0 Å². The molecule has 0 aromatic rings. The lowest BCUT2D eigenvalue weighted by Crippen LogP contribution is -2.30. The van der Waals surface area contributed by atoms with Gasteiger partial charge in [0.25, 0.3) is 0 Å². The fourth-order valence-corrected chi connectivity index (χ4v) is 1.27. The van der Waals surface area contributed by atoms with Crippen molar-refractivity contribution in [1.82, 2.24) is 10.4 Å². The summed E-state index contributed by atoms with van der Waals surface area (Å²) in [7, 11) is 1.48. The molecule has 1 rings (SSSR count). The van der Waals surface area contributed by atoms with Crippen LogP contribution < -0.4 is 5.32 Å². The van der Waals surface area contributed by atoms with E-state index < -0.39 is 0 Å². The standard InChI is InChI=1S/C6H13FN2/c1-5-3-8-4-6(5)9(2)7/h5-6,8H,3-4H2,1-2H3. The predicted octanol–water partition coefficient (Wildman–Crippen LogP) is 0.411. The van der Waals surface area contributed by atoms with E-state index >= 15 is 0 Å². The van der Waals surface area contributed by atoms with Crippen molar-refractivity contribution in [2.75, 3.05) is 20.1 Å². The van der Waals surface area contributed by atoms with Crippen molar-refractivity contribution in [1.29, 1.82) is 0 Å². The third-order valence-electron chi connectivity index (χ3n) is 1.93. The summed E-state index contributed by atoms with van der Waals surface area (Å²) in [5.74, 6) is 0.444. The topological polar surface area (TPSA) is 15.3 Å². The minimum atomic E-state index is 0.0880. The maximum atomic E-state index is 12.5. The lowest BCUT2D eigenvalue weighted by Gasteiger charge is -2.16. The van der Waals surface area contributed by atoms with Gasteiger partial charge in [-0.2, -0.15) is 0 Å². The maximum Gasteiger partial charge on any atom is 0.0561 e. The van der Waals surface area contributed by atoms with Gasteiger partial charge in [-0.05, 0) is 12.5 Å². The SMILES string of the molecule is CC1CNCC1N(C)F. The first-order valence-electron chi connectivity index (χ1n) is 3.31. The van der Waals surface area contributed by atoms with E-state index in [2.05, 4.69) is 12.2 Å². The molecule has 0 radical (unpaired) electrons. The van der Waals surface area contributed by atoms with Gasteiger partial charge in [0, 0.05) is 13.6 Å². The third-order valence-corrected chi connectivity index (χ3v) is 1.93. The zero-order valence-corrected chi connectivity index (χ0v) is 5.89. The van der Waals surface area contributed by atoms with Crippen molar-refractivity contribution in [3.8, 4) is 0 Å². The van der Waals surface area contributed by atoms with Gasteiger partial charge in [0.1, 0.15) is 0 Å². The Bertz CT molecular complexity index is 95.1. The molecule has 1 saturated heterocycles. The molecule has 0 aliphatic carbocycles. The van der Waals surface area contributed by atoms with Crippen molar-refractivity contribution < 1.29 is 4.48 Å². The molecule has 0 bridgehead atoms. The molecule has 1 N–H and O–H groups in total. The van der Waals surface area contributed by atoms with Crippen LogP contribution in [0.3, 0.4) is 0 Å². The van der Waals surface area contributed by atoms with E-state index in [0.29, 0.717) is 5.92 Å². The van der Waals surface area contributed by atoms with Gasteiger partial charge < -0.3 is 5.32 Å². The minimum Gasteiger partial charge on any atom is -0.315 e. The van der Waals surface area contributed by atoms with E-state index in [-0.39, 0.29) is 6.04 Å². The van der Waals surface area contributed by atoms with Crippen molar-refractivity contribution in [2.45, 2.75) is 13.0 Å². The Morgan fingerprint density at radius 2 is 2.22 bits per heavy atom. The van der Waals surface area contributed by atoms with Crippen molar-refractivity contribution in [3.63, 3.8) is 0 Å². The van der Waals surface area contributed by atoms with E-state index in [1.54, 1.807) is 0 Å². The fourth-order valence-electron chi connectivity index (χ4n) is 1.27. The first kappa shape index (κ1) is 6.96. The molecule has 1 heterocycles. The summed E-state index contributed by atoms with van der Waals surface area (Å²) >= 11 is 0. The van der Waals surface area contributed by atoms with Crippen molar-refractivity contribution in [2.24, 2.45) is 5.92 Å². The average Bonchev–Trinajstić information content (AvgIpc) is 2.13. The van der Waals surface area contributed by atoms with Crippen LogP contribution in [0.25, 0.3) is 0 Å². The zero-order chi connectivity index (χ0) is 6.85. The first-order valence-corrected chi connectivity index (χ1v) is 3.31. The Kier molecular flexibility index (Phi) is 2.03. The monoisotopic (exact) mass is 132 g/mol. The van der Waals surface area contributed by atoms with E-state index in [0.717, 1.165) is 18.2 Å². The molecule has 0 amide bonds. The van der Waals surface area contributed by atoms with Crippen LogP contribution in [0.5, 0.6) is 0 Å². The summed E-state index contributed by atoms with van der Waals surface area (Å²) in [5.41, 5.74) is 0. The van der Waals surface area contributed by atoms with Gasteiger partial charge in [-0.3, -0.25) is 0 Å². The largest absolute Gasteiger partial charge is 0.315 e. The van der Waals surface area contributed by atoms with E-state index in [1.807, 2.05) is 0 Å². The molecule has 2 unspecified atom stereocenters. The molecule has 3 heteroatoms. The zero-order valence-electron chi connectivity index (χ0n) is 5.89. The van der Waals surface area contributed by atoms with Gasteiger partial charge in [0.05, 0.1) is 6.04 Å². The Morgan fingerprint density at radius 3 is 2.44 bits per heavy atom. The lowest BCUT2D eigenvalue weighted by atomic mass is 10.1. The smallest absolute Gasteiger partial charge is 0.0561 e. The molecule has 1 aliphatic heterocycles.